The zero-order chi connectivity index (χ0) is 9.52. The Bertz CT molecular complexity index is 252. The lowest BCUT2D eigenvalue weighted by atomic mass is 10.3. The minimum absolute atomic E-state index is 0.662. The minimum atomic E-state index is 0.662. The molecule has 1 heterocycles. The van der Waals surface area contributed by atoms with Crippen molar-refractivity contribution in [3.63, 3.8) is 0 Å². The van der Waals surface area contributed by atoms with Crippen molar-refractivity contribution < 1.29 is 0 Å². The van der Waals surface area contributed by atoms with Crippen molar-refractivity contribution in [1.82, 2.24) is 4.98 Å². The van der Waals surface area contributed by atoms with Crippen molar-refractivity contribution in [2.24, 2.45) is 5.73 Å². The molecule has 0 aliphatic carbocycles. The molecule has 0 atom stereocenters. The molecule has 0 saturated carbocycles. The van der Waals surface area contributed by atoms with E-state index < -0.39 is 0 Å². The van der Waals surface area contributed by atoms with E-state index in [0.717, 1.165) is 31.6 Å². The molecule has 3 nitrogen and oxygen atoms in total. The molecule has 1 aromatic rings. The average molecular weight is 200 g/mol. The summed E-state index contributed by atoms with van der Waals surface area (Å²) >= 11 is 5.89. The van der Waals surface area contributed by atoms with Crippen molar-refractivity contribution in [1.29, 1.82) is 0 Å². The molecule has 0 fully saturated rings. The van der Waals surface area contributed by atoms with Gasteiger partial charge in [-0.1, -0.05) is 11.6 Å². The van der Waals surface area contributed by atoms with Crippen molar-refractivity contribution in [3.05, 3.63) is 23.5 Å². The zero-order valence-corrected chi connectivity index (χ0v) is 8.22. The molecule has 0 aliphatic heterocycles. The highest BCUT2D eigenvalue weighted by molar-refractivity contribution is 6.33. The average Bonchev–Trinajstić information content (AvgIpc) is 2.15. The first kappa shape index (κ1) is 10.3. The zero-order valence-electron chi connectivity index (χ0n) is 7.46. The molecule has 0 saturated heterocycles. The van der Waals surface area contributed by atoms with Crippen LogP contribution in [0.5, 0.6) is 0 Å². The molecule has 0 radical (unpaired) electrons. The van der Waals surface area contributed by atoms with E-state index in [4.69, 9.17) is 17.3 Å². The Balaban J connectivity index is 2.32. The summed E-state index contributed by atoms with van der Waals surface area (Å²) in [5.74, 6) is 0. The molecule has 13 heavy (non-hydrogen) atoms. The fraction of sp³-hybridized carbons (Fsp3) is 0.444. The molecule has 3 N–H and O–H groups in total. The summed E-state index contributed by atoms with van der Waals surface area (Å²) in [4.78, 5) is 3.90. The Morgan fingerprint density at radius 1 is 1.46 bits per heavy atom. The molecule has 0 unspecified atom stereocenters. The lowest BCUT2D eigenvalue weighted by molar-refractivity contribution is 0.774. The van der Waals surface area contributed by atoms with Crippen LogP contribution in [0.3, 0.4) is 0 Å². The van der Waals surface area contributed by atoms with Gasteiger partial charge >= 0.3 is 0 Å². The van der Waals surface area contributed by atoms with E-state index in [-0.39, 0.29) is 0 Å². The van der Waals surface area contributed by atoms with E-state index in [2.05, 4.69) is 10.3 Å². The number of hydrogen-bond donors (Lipinski definition) is 2. The third-order valence-electron chi connectivity index (χ3n) is 1.72. The highest BCUT2D eigenvalue weighted by Crippen LogP contribution is 2.18. The van der Waals surface area contributed by atoms with Gasteiger partial charge in [0.05, 0.1) is 10.7 Å². The summed E-state index contributed by atoms with van der Waals surface area (Å²) in [5.41, 5.74) is 6.31. The first-order chi connectivity index (χ1) is 6.34. The van der Waals surface area contributed by atoms with Crippen LogP contribution in [-0.2, 0) is 0 Å². The molecule has 4 heteroatoms. The predicted molar refractivity (Wildman–Crippen MR) is 56.0 cm³/mol. The van der Waals surface area contributed by atoms with Crippen LogP contribution < -0.4 is 11.1 Å². The van der Waals surface area contributed by atoms with Crippen LogP contribution in [0.25, 0.3) is 0 Å². The molecular formula is C9H14ClN3. The van der Waals surface area contributed by atoms with Crippen molar-refractivity contribution in [3.8, 4) is 0 Å². The van der Waals surface area contributed by atoms with Gasteiger partial charge in [-0.15, -0.1) is 0 Å². The lowest BCUT2D eigenvalue weighted by Gasteiger charge is -2.06. The molecular weight excluding hydrogens is 186 g/mol. The molecule has 0 amide bonds. The Morgan fingerprint density at radius 2 is 2.31 bits per heavy atom. The van der Waals surface area contributed by atoms with Crippen molar-refractivity contribution in [2.75, 3.05) is 18.4 Å². The number of nitrogens with two attached hydrogens (primary N) is 1. The predicted octanol–water partition coefficient (Wildman–Crippen LogP) is 1.89. The number of halogens is 1. The van der Waals surface area contributed by atoms with Gasteiger partial charge in [0.2, 0.25) is 0 Å². The molecule has 1 aromatic heterocycles. The Hall–Kier alpha value is -0.800. The van der Waals surface area contributed by atoms with Crippen LogP contribution in [0.1, 0.15) is 12.8 Å². The minimum Gasteiger partial charge on any atom is -0.384 e. The van der Waals surface area contributed by atoms with Crippen LogP contribution in [0.2, 0.25) is 5.02 Å². The molecule has 72 valence electrons. The van der Waals surface area contributed by atoms with Crippen LogP contribution in [0, 0.1) is 0 Å². The first-order valence-electron chi connectivity index (χ1n) is 4.38. The van der Waals surface area contributed by atoms with Gasteiger partial charge in [-0.05, 0) is 25.5 Å². The topological polar surface area (TPSA) is 50.9 Å². The van der Waals surface area contributed by atoms with E-state index in [0.29, 0.717) is 5.02 Å². The number of unbranched alkanes of at least 4 members (excludes halogenated alkanes) is 1. The van der Waals surface area contributed by atoms with E-state index in [1.807, 2.05) is 6.07 Å². The van der Waals surface area contributed by atoms with Crippen molar-refractivity contribution in [2.45, 2.75) is 12.8 Å². The monoisotopic (exact) mass is 199 g/mol. The lowest BCUT2D eigenvalue weighted by Crippen LogP contribution is -2.05. The van der Waals surface area contributed by atoms with Gasteiger partial charge in [-0.3, -0.25) is 4.98 Å². The van der Waals surface area contributed by atoms with Crippen LogP contribution in [-0.4, -0.2) is 18.1 Å². The van der Waals surface area contributed by atoms with E-state index >= 15 is 0 Å². The van der Waals surface area contributed by atoms with Crippen LogP contribution >= 0.6 is 11.6 Å². The van der Waals surface area contributed by atoms with Crippen LogP contribution in [0.15, 0.2) is 18.5 Å². The van der Waals surface area contributed by atoms with E-state index in [9.17, 15) is 0 Å². The third-order valence-corrected chi connectivity index (χ3v) is 2.02. The molecule has 0 aliphatic rings. The smallest absolute Gasteiger partial charge is 0.0820 e. The summed E-state index contributed by atoms with van der Waals surface area (Å²) in [7, 11) is 0. The van der Waals surface area contributed by atoms with Gasteiger partial charge in [0, 0.05) is 18.9 Å². The fourth-order valence-electron chi connectivity index (χ4n) is 1.01. The second kappa shape index (κ2) is 5.78. The number of aromatic nitrogens is 1. The number of anilines is 1. The SMILES string of the molecule is NCCCCNc1ccncc1Cl. The Labute approximate surface area is 83.3 Å². The maximum Gasteiger partial charge on any atom is 0.0820 e. The molecule has 0 bridgehead atoms. The Kier molecular flexibility index (Phi) is 4.57. The number of pyridine rings is 1. The summed E-state index contributed by atoms with van der Waals surface area (Å²) in [5, 5.41) is 3.88. The summed E-state index contributed by atoms with van der Waals surface area (Å²) < 4.78 is 0. The number of nitrogens with zero attached hydrogens (tertiary/aromatic N) is 1. The third kappa shape index (κ3) is 3.61. The molecule has 0 spiro atoms. The number of rotatable bonds is 5. The highest BCUT2D eigenvalue weighted by atomic mass is 35.5. The standard InChI is InChI=1S/C9H14ClN3/c10-8-7-12-6-3-9(8)13-5-2-1-4-11/h3,6-7H,1-2,4-5,11H2,(H,12,13). The highest BCUT2D eigenvalue weighted by Gasteiger charge is 1.96. The van der Waals surface area contributed by atoms with Gasteiger partial charge in [-0.2, -0.15) is 0 Å². The quantitative estimate of drug-likeness (QED) is 0.713. The normalized spacial score (nSPS) is 10.0. The van der Waals surface area contributed by atoms with Gasteiger partial charge in [-0.25, -0.2) is 0 Å². The second-order valence-corrected chi connectivity index (χ2v) is 3.19. The van der Waals surface area contributed by atoms with Gasteiger partial charge in [0.1, 0.15) is 0 Å². The van der Waals surface area contributed by atoms with Gasteiger partial charge < -0.3 is 11.1 Å². The summed E-state index contributed by atoms with van der Waals surface area (Å²) in [6, 6.07) is 1.87. The summed E-state index contributed by atoms with van der Waals surface area (Å²) in [6.45, 7) is 1.65. The number of nitrogens with one attached hydrogen (secondary N) is 1. The van der Waals surface area contributed by atoms with Gasteiger partial charge in [0.25, 0.3) is 0 Å². The largest absolute Gasteiger partial charge is 0.384 e. The maximum atomic E-state index is 5.89. The molecule has 1 rings (SSSR count). The van der Waals surface area contributed by atoms with Crippen LogP contribution in [0.4, 0.5) is 5.69 Å². The Morgan fingerprint density at radius 3 is 3.00 bits per heavy atom. The maximum absolute atomic E-state index is 5.89. The first-order valence-corrected chi connectivity index (χ1v) is 4.76. The molecule has 0 aromatic carbocycles. The second-order valence-electron chi connectivity index (χ2n) is 2.78. The van der Waals surface area contributed by atoms with E-state index in [1.165, 1.54) is 0 Å². The number of hydrogen-bond acceptors (Lipinski definition) is 3. The van der Waals surface area contributed by atoms with Crippen molar-refractivity contribution >= 4 is 17.3 Å². The van der Waals surface area contributed by atoms with E-state index in [1.54, 1.807) is 12.4 Å². The fourth-order valence-corrected chi connectivity index (χ4v) is 1.20. The summed E-state index contributed by atoms with van der Waals surface area (Å²) in [6.07, 6.45) is 5.45. The van der Waals surface area contributed by atoms with Gasteiger partial charge in [0.15, 0.2) is 0 Å².